The summed E-state index contributed by atoms with van der Waals surface area (Å²) in [5, 5.41) is 0. The van der Waals surface area contributed by atoms with Crippen molar-refractivity contribution in [1.82, 2.24) is 14.9 Å². The lowest BCUT2D eigenvalue weighted by Gasteiger charge is -2.35. The number of allylic oxidation sites excluding steroid dienone is 1. The summed E-state index contributed by atoms with van der Waals surface area (Å²) in [7, 11) is 0. The molecule has 1 saturated heterocycles. The Bertz CT molecular complexity index is 551. The summed E-state index contributed by atoms with van der Waals surface area (Å²) in [4.78, 5) is 17.5. The number of nitrogens with zero attached hydrogens (tertiary/aromatic N) is 5. The molecular weight excluding hydrogens is 415 g/mol. The third-order valence-corrected chi connectivity index (χ3v) is 4.53. The van der Waals surface area contributed by atoms with E-state index >= 15 is 0 Å². The Labute approximate surface area is 161 Å². The van der Waals surface area contributed by atoms with Crippen molar-refractivity contribution < 1.29 is 0 Å². The Morgan fingerprint density at radius 2 is 1.88 bits per heavy atom. The lowest BCUT2D eigenvalue weighted by Crippen LogP contribution is -2.51. The molecule has 6 nitrogen and oxygen atoms in total. The van der Waals surface area contributed by atoms with Crippen molar-refractivity contribution in [2.45, 2.75) is 32.1 Å². The molecule has 2 aliphatic rings. The number of aromatic nitrogens is 2. The summed E-state index contributed by atoms with van der Waals surface area (Å²) in [5.74, 6) is 1.47. The zero-order chi connectivity index (χ0) is 15.9. The monoisotopic (exact) mass is 442 g/mol. The smallest absolute Gasteiger partial charge is 0.225 e. The molecule has 132 valence electrons. The second-order valence-electron chi connectivity index (χ2n) is 6.12. The lowest BCUT2D eigenvalue weighted by atomic mass is 9.97. The third-order valence-electron chi connectivity index (χ3n) is 4.53. The number of guanidine groups is 1. The van der Waals surface area contributed by atoms with Crippen LogP contribution in [0, 0.1) is 0 Å². The molecule has 0 amide bonds. The van der Waals surface area contributed by atoms with E-state index in [1.807, 2.05) is 6.07 Å². The molecule has 0 spiro atoms. The number of anilines is 1. The highest BCUT2D eigenvalue weighted by Gasteiger charge is 2.19. The van der Waals surface area contributed by atoms with Gasteiger partial charge in [0.1, 0.15) is 0 Å². The van der Waals surface area contributed by atoms with E-state index in [1.165, 1.54) is 25.7 Å². The third kappa shape index (κ3) is 5.32. The first kappa shape index (κ1) is 19.0. The molecule has 1 fully saturated rings. The van der Waals surface area contributed by atoms with Gasteiger partial charge in [-0.05, 0) is 38.2 Å². The van der Waals surface area contributed by atoms with Crippen LogP contribution in [0.1, 0.15) is 32.1 Å². The Morgan fingerprint density at radius 3 is 2.54 bits per heavy atom. The van der Waals surface area contributed by atoms with Gasteiger partial charge in [0.15, 0.2) is 5.96 Å². The van der Waals surface area contributed by atoms with Gasteiger partial charge in [0.05, 0.1) is 0 Å². The highest BCUT2D eigenvalue weighted by molar-refractivity contribution is 14.0. The molecule has 1 aromatic rings. The van der Waals surface area contributed by atoms with Crippen molar-refractivity contribution >= 4 is 35.9 Å². The summed E-state index contributed by atoms with van der Waals surface area (Å²) in [6.45, 7) is 4.31. The summed E-state index contributed by atoms with van der Waals surface area (Å²) in [6.07, 6.45) is 12.1. The van der Waals surface area contributed by atoms with Crippen LogP contribution in [0.4, 0.5) is 5.95 Å². The molecule has 3 rings (SSSR count). The molecule has 0 bridgehead atoms. The molecule has 0 radical (unpaired) electrons. The molecule has 0 unspecified atom stereocenters. The van der Waals surface area contributed by atoms with Crippen molar-refractivity contribution in [3.05, 3.63) is 30.1 Å². The molecule has 2 N–H and O–H groups in total. The van der Waals surface area contributed by atoms with Gasteiger partial charge in [0, 0.05) is 45.1 Å². The van der Waals surface area contributed by atoms with Crippen molar-refractivity contribution in [1.29, 1.82) is 0 Å². The van der Waals surface area contributed by atoms with Gasteiger partial charge >= 0.3 is 0 Å². The van der Waals surface area contributed by atoms with Gasteiger partial charge in [-0.3, -0.25) is 4.99 Å². The first-order valence-electron chi connectivity index (χ1n) is 8.57. The summed E-state index contributed by atoms with van der Waals surface area (Å²) in [6, 6.07) is 1.84. The van der Waals surface area contributed by atoms with E-state index in [-0.39, 0.29) is 24.0 Å². The molecular formula is C17H27IN6. The van der Waals surface area contributed by atoms with Crippen LogP contribution in [0.25, 0.3) is 0 Å². The fourth-order valence-electron chi connectivity index (χ4n) is 3.14. The number of piperazine rings is 1. The average molecular weight is 442 g/mol. The van der Waals surface area contributed by atoms with Gasteiger partial charge in [0.2, 0.25) is 5.95 Å². The first-order chi connectivity index (χ1) is 11.3. The molecule has 1 aliphatic heterocycles. The number of aliphatic imine (C=N–C) groups is 1. The molecule has 0 atom stereocenters. The molecule has 2 heterocycles. The van der Waals surface area contributed by atoms with Crippen LogP contribution in [0.5, 0.6) is 0 Å². The fourth-order valence-corrected chi connectivity index (χ4v) is 3.14. The quantitative estimate of drug-likeness (QED) is 0.336. The summed E-state index contributed by atoms with van der Waals surface area (Å²) < 4.78 is 0. The van der Waals surface area contributed by atoms with Gasteiger partial charge in [-0.15, -0.1) is 24.0 Å². The Balaban J connectivity index is 0.00000208. The van der Waals surface area contributed by atoms with Crippen LogP contribution < -0.4 is 10.6 Å². The fraction of sp³-hybridized carbons (Fsp3) is 0.588. The van der Waals surface area contributed by atoms with E-state index in [4.69, 9.17) is 5.73 Å². The number of hydrogen-bond donors (Lipinski definition) is 1. The van der Waals surface area contributed by atoms with E-state index in [0.717, 1.165) is 45.1 Å². The largest absolute Gasteiger partial charge is 0.370 e. The Hall–Kier alpha value is -1.38. The van der Waals surface area contributed by atoms with E-state index in [2.05, 4.69) is 30.8 Å². The standard InChI is InChI=1S/C17H26N6.HI/c18-16(19-10-7-15-5-2-1-3-6-15)22-11-13-23(14-12-22)17-20-8-4-9-21-17;/h4-5,8-9H,1-3,6-7,10-14H2,(H2,18,19);1H. The van der Waals surface area contributed by atoms with Gasteiger partial charge in [0.25, 0.3) is 0 Å². The normalized spacial score (nSPS) is 18.8. The number of nitrogens with two attached hydrogens (primary N) is 1. The zero-order valence-corrected chi connectivity index (χ0v) is 16.4. The van der Waals surface area contributed by atoms with Crippen LogP contribution in [0.3, 0.4) is 0 Å². The second-order valence-corrected chi connectivity index (χ2v) is 6.12. The summed E-state index contributed by atoms with van der Waals surface area (Å²) >= 11 is 0. The number of rotatable bonds is 4. The first-order valence-corrected chi connectivity index (χ1v) is 8.57. The predicted octanol–water partition coefficient (Wildman–Crippen LogP) is 2.42. The van der Waals surface area contributed by atoms with E-state index in [0.29, 0.717) is 5.96 Å². The van der Waals surface area contributed by atoms with E-state index in [9.17, 15) is 0 Å². The minimum absolute atomic E-state index is 0. The van der Waals surface area contributed by atoms with Crippen LogP contribution in [0.2, 0.25) is 0 Å². The molecule has 7 heteroatoms. The Kier molecular flexibility index (Phi) is 7.74. The maximum atomic E-state index is 6.15. The van der Waals surface area contributed by atoms with Gasteiger partial charge in [-0.2, -0.15) is 0 Å². The molecule has 1 aliphatic carbocycles. The number of halogens is 1. The van der Waals surface area contributed by atoms with Crippen LogP contribution in [-0.4, -0.2) is 53.6 Å². The van der Waals surface area contributed by atoms with Crippen LogP contribution >= 0.6 is 24.0 Å². The zero-order valence-electron chi connectivity index (χ0n) is 14.1. The second kappa shape index (κ2) is 9.80. The molecule has 0 aromatic carbocycles. The maximum Gasteiger partial charge on any atom is 0.225 e. The number of hydrogen-bond acceptors (Lipinski definition) is 4. The van der Waals surface area contributed by atoms with Gasteiger partial charge < -0.3 is 15.5 Å². The van der Waals surface area contributed by atoms with Gasteiger partial charge in [-0.1, -0.05) is 11.6 Å². The topological polar surface area (TPSA) is 70.6 Å². The molecule has 24 heavy (non-hydrogen) atoms. The molecule has 0 saturated carbocycles. The van der Waals surface area contributed by atoms with Crippen molar-refractivity contribution in [3.63, 3.8) is 0 Å². The van der Waals surface area contributed by atoms with E-state index < -0.39 is 0 Å². The van der Waals surface area contributed by atoms with Crippen LogP contribution in [-0.2, 0) is 0 Å². The maximum absolute atomic E-state index is 6.15. The van der Waals surface area contributed by atoms with Gasteiger partial charge in [-0.25, -0.2) is 9.97 Å². The van der Waals surface area contributed by atoms with Crippen molar-refractivity contribution in [3.8, 4) is 0 Å². The van der Waals surface area contributed by atoms with Crippen molar-refractivity contribution in [2.24, 2.45) is 10.7 Å². The lowest BCUT2D eigenvalue weighted by molar-refractivity contribution is 0.378. The minimum Gasteiger partial charge on any atom is -0.370 e. The Morgan fingerprint density at radius 1 is 1.12 bits per heavy atom. The highest BCUT2D eigenvalue weighted by Crippen LogP contribution is 2.19. The SMILES string of the molecule is I.NC(=NCCC1=CCCCC1)N1CCN(c2ncccn2)CC1. The van der Waals surface area contributed by atoms with E-state index in [1.54, 1.807) is 18.0 Å². The molecule has 1 aromatic heterocycles. The predicted molar refractivity (Wildman–Crippen MR) is 109 cm³/mol. The van der Waals surface area contributed by atoms with Crippen LogP contribution in [0.15, 0.2) is 35.1 Å². The average Bonchev–Trinajstić information content (AvgIpc) is 2.63. The van der Waals surface area contributed by atoms with Crippen molar-refractivity contribution in [2.75, 3.05) is 37.6 Å². The summed E-state index contributed by atoms with van der Waals surface area (Å²) in [5.41, 5.74) is 7.71. The highest BCUT2D eigenvalue weighted by atomic mass is 127. The minimum atomic E-state index is 0.